The number of carboxylic acids is 1. The number of nitrogens with one attached hydrogen (secondary N) is 1. The summed E-state index contributed by atoms with van der Waals surface area (Å²) in [5, 5.41) is 16.8. The number of carbonyl (C=O) groups is 1. The van der Waals surface area contributed by atoms with E-state index in [0.717, 1.165) is 11.4 Å². The number of benzene rings is 1. The van der Waals surface area contributed by atoms with E-state index in [4.69, 9.17) is 4.74 Å². The van der Waals surface area contributed by atoms with Crippen molar-refractivity contribution in [2.24, 2.45) is 7.05 Å². The smallest absolute Gasteiger partial charge is 0.330 e. The summed E-state index contributed by atoms with van der Waals surface area (Å²) in [7, 11) is 3.38. The highest BCUT2D eigenvalue weighted by molar-refractivity contribution is 5.79. The lowest BCUT2D eigenvalue weighted by Crippen LogP contribution is -2.21. The van der Waals surface area contributed by atoms with Crippen LogP contribution in [0.2, 0.25) is 0 Å². The SMILES string of the molecule is CCc1nn(C)cc1C(Nc1ccc(OC)cc1)C(=O)O. The average Bonchev–Trinajstić information content (AvgIpc) is 2.85. The maximum absolute atomic E-state index is 11.6. The van der Waals surface area contributed by atoms with Crippen LogP contribution in [-0.2, 0) is 18.3 Å². The first kappa shape index (κ1) is 14.9. The number of aromatic nitrogens is 2. The van der Waals surface area contributed by atoms with Crippen LogP contribution in [0.4, 0.5) is 5.69 Å². The number of aliphatic carboxylic acids is 1. The van der Waals surface area contributed by atoms with E-state index in [1.54, 1.807) is 49.3 Å². The van der Waals surface area contributed by atoms with Crippen molar-refractivity contribution in [1.82, 2.24) is 9.78 Å². The zero-order valence-corrected chi connectivity index (χ0v) is 12.3. The predicted octanol–water partition coefficient (Wildman–Crippen LogP) is 2.23. The molecule has 1 unspecified atom stereocenters. The van der Waals surface area contributed by atoms with E-state index < -0.39 is 12.0 Å². The molecule has 0 fully saturated rings. The Balaban J connectivity index is 2.28. The Hall–Kier alpha value is -2.50. The molecule has 0 saturated heterocycles. The van der Waals surface area contributed by atoms with Crippen LogP contribution in [0.5, 0.6) is 5.75 Å². The summed E-state index contributed by atoms with van der Waals surface area (Å²) in [5.41, 5.74) is 2.18. The molecule has 0 aliphatic heterocycles. The maximum atomic E-state index is 11.6. The van der Waals surface area contributed by atoms with Crippen LogP contribution < -0.4 is 10.1 Å². The van der Waals surface area contributed by atoms with Gasteiger partial charge in [-0.2, -0.15) is 5.10 Å². The minimum absolute atomic E-state index is 0.684. The number of hydrogen-bond acceptors (Lipinski definition) is 4. The van der Waals surface area contributed by atoms with Gasteiger partial charge in [0.25, 0.3) is 0 Å². The molecular weight excluding hydrogens is 270 g/mol. The summed E-state index contributed by atoms with van der Waals surface area (Å²) >= 11 is 0. The zero-order valence-electron chi connectivity index (χ0n) is 12.3. The second-order valence-electron chi connectivity index (χ2n) is 4.70. The van der Waals surface area contributed by atoms with Crippen LogP contribution >= 0.6 is 0 Å². The highest BCUT2D eigenvalue weighted by Gasteiger charge is 2.24. The third-order valence-electron chi connectivity index (χ3n) is 3.23. The van der Waals surface area contributed by atoms with Gasteiger partial charge >= 0.3 is 5.97 Å². The van der Waals surface area contributed by atoms with Gasteiger partial charge in [0.1, 0.15) is 5.75 Å². The molecule has 0 spiro atoms. The van der Waals surface area contributed by atoms with Crippen LogP contribution in [0.3, 0.4) is 0 Å². The van der Waals surface area contributed by atoms with E-state index >= 15 is 0 Å². The van der Waals surface area contributed by atoms with Crippen molar-refractivity contribution in [3.05, 3.63) is 41.7 Å². The second-order valence-corrected chi connectivity index (χ2v) is 4.70. The van der Waals surface area contributed by atoms with Crippen molar-refractivity contribution in [2.45, 2.75) is 19.4 Å². The second kappa shape index (κ2) is 6.30. The Kier molecular flexibility index (Phi) is 4.47. The lowest BCUT2D eigenvalue weighted by molar-refractivity contribution is -0.138. The first-order valence-electron chi connectivity index (χ1n) is 6.71. The third kappa shape index (κ3) is 3.34. The molecule has 0 aliphatic carbocycles. The fourth-order valence-corrected chi connectivity index (χ4v) is 2.20. The number of ether oxygens (including phenoxy) is 1. The van der Waals surface area contributed by atoms with Crippen LogP contribution in [0, 0.1) is 0 Å². The summed E-state index contributed by atoms with van der Waals surface area (Å²) in [6, 6.07) is 6.31. The Bertz CT molecular complexity index is 620. The molecule has 6 nitrogen and oxygen atoms in total. The monoisotopic (exact) mass is 289 g/mol. The molecule has 0 radical (unpaired) electrons. The van der Waals surface area contributed by atoms with Gasteiger partial charge in [-0.25, -0.2) is 4.79 Å². The van der Waals surface area contributed by atoms with Gasteiger partial charge in [0.15, 0.2) is 6.04 Å². The number of rotatable bonds is 6. The summed E-state index contributed by atoms with van der Waals surface area (Å²) < 4.78 is 6.73. The molecule has 6 heteroatoms. The molecule has 1 aromatic heterocycles. The topological polar surface area (TPSA) is 76.4 Å². The van der Waals surface area contributed by atoms with E-state index in [1.165, 1.54) is 0 Å². The Morgan fingerprint density at radius 1 is 1.43 bits per heavy atom. The summed E-state index contributed by atoms with van der Waals surface area (Å²) in [5.74, 6) is -0.212. The van der Waals surface area contributed by atoms with E-state index in [-0.39, 0.29) is 0 Å². The van der Waals surface area contributed by atoms with E-state index in [9.17, 15) is 9.90 Å². The Morgan fingerprint density at radius 2 is 2.10 bits per heavy atom. The molecule has 0 bridgehead atoms. The Morgan fingerprint density at radius 3 is 2.62 bits per heavy atom. The van der Waals surface area contributed by atoms with Crippen molar-refractivity contribution in [1.29, 1.82) is 0 Å². The molecule has 0 saturated carbocycles. The fourth-order valence-electron chi connectivity index (χ4n) is 2.20. The van der Waals surface area contributed by atoms with Gasteiger partial charge < -0.3 is 15.2 Å². The quantitative estimate of drug-likeness (QED) is 0.852. The van der Waals surface area contributed by atoms with Crippen molar-refractivity contribution >= 4 is 11.7 Å². The first-order valence-corrected chi connectivity index (χ1v) is 6.71. The number of aryl methyl sites for hydroxylation is 2. The summed E-state index contributed by atoms with van der Waals surface area (Å²) in [4.78, 5) is 11.6. The van der Waals surface area contributed by atoms with Gasteiger partial charge in [0, 0.05) is 24.5 Å². The minimum atomic E-state index is -0.937. The fraction of sp³-hybridized carbons (Fsp3) is 0.333. The van der Waals surface area contributed by atoms with Crippen LogP contribution in [0.15, 0.2) is 30.5 Å². The molecule has 21 heavy (non-hydrogen) atoms. The summed E-state index contributed by atoms with van der Waals surface area (Å²) in [6.45, 7) is 1.96. The molecular formula is C15H19N3O3. The molecule has 1 atom stereocenters. The van der Waals surface area contributed by atoms with Gasteiger partial charge in [0.2, 0.25) is 0 Å². The maximum Gasteiger partial charge on any atom is 0.330 e. The molecule has 0 amide bonds. The normalized spacial score (nSPS) is 12.0. The first-order chi connectivity index (χ1) is 10.0. The van der Waals surface area contributed by atoms with Crippen LogP contribution in [-0.4, -0.2) is 28.0 Å². The van der Waals surface area contributed by atoms with Gasteiger partial charge in [-0.1, -0.05) is 6.92 Å². The molecule has 2 aromatic rings. The van der Waals surface area contributed by atoms with Crippen molar-refractivity contribution < 1.29 is 14.6 Å². The molecule has 1 heterocycles. The molecule has 2 N–H and O–H groups in total. The van der Waals surface area contributed by atoms with E-state index in [1.807, 2.05) is 6.92 Å². The number of anilines is 1. The van der Waals surface area contributed by atoms with E-state index in [0.29, 0.717) is 17.7 Å². The average molecular weight is 289 g/mol. The number of nitrogens with zero attached hydrogens (tertiary/aromatic N) is 2. The van der Waals surface area contributed by atoms with Crippen molar-refractivity contribution in [3.63, 3.8) is 0 Å². The van der Waals surface area contributed by atoms with Gasteiger partial charge in [-0.15, -0.1) is 0 Å². The highest BCUT2D eigenvalue weighted by Crippen LogP contribution is 2.24. The largest absolute Gasteiger partial charge is 0.497 e. The number of hydrogen-bond donors (Lipinski definition) is 2. The van der Waals surface area contributed by atoms with Gasteiger partial charge in [0.05, 0.1) is 12.8 Å². The number of methoxy groups -OCH3 is 1. The molecule has 0 aliphatic rings. The standard InChI is InChI=1S/C15H19N3O3/c1-4-13-12(9-18(2)17-13)14(15(19)20)16-10-5-7-11(21-3)8-6-10/h5-9,14,16H,4H2,1-3H3,(H,19,20). The highest BCUT2D eigenvalue weighted by atomic mass is 16.5. The lowest BCUT2D eigenvalue weighted by atomic mass is 10.1. The summed E-state index contributed by atoms with van der Waals surface area (Å²) in [6.07, 6.45) is 2.43. The van der Waals surface area contributed by atoms with Crippen LogP contribution in [0.25, 0.3) is 0 Å². The zero-order chi connectivity index (χ0) is 15.4. The van der Waals surface area contributed by atoms with E-state index in [2.05, 4.69) is 10.4 Å². The number of carboxylic acid groups (broad SMARTS) is 1. The lowest BCUT2D eigenvalue weighted by Gasteiger charge is -2.16. The molecule has 2 rings (SSSR count). The minimum Gasteiger partial charge on any atom is -0.497 e. The van der Waals surface area contributed by atoms with Crippen molar-refractivity contribution in [2.75, 3.05) is 12.4 Å². The predicted molar refractivity (Wildman–Crippen MR) is 79.6 cm³/mol. The van der Waals surface area contributed by atoms with Gasteiger partial charge in [-0.05, 0) is 30.7 Å². The molecule has 1 aromatic carbocycles. The third-order valence-corrected chi connectivity index (χ3v) is 3.23. The van der Waals surface area contributed by atoms with Crippen molar-refractivity contribution in [3.8, 4) is 5.75 Å². The van der Waals surface area contributed by atoms with Crippen LogP contribution in [0.1, 0.15) is 24.2 Å². The van der Waals surface area contributed by atoms with Gasteiger partial charge in [-0.3, -0.25) is 4.68 Å². The molecule has 112 valence electrons. The Labute approximate surface area is 123 Å².